The first kappa shape index (κ1) is 17.0. The maximum atomic E-state index is 12.6. The van der Waals surface area contributed by atoms with Crippen molar-refractivity contribution < 1.29 is 9.21 Å². The van der Waals surface area contributed by atoms with Crippen LogP contribution >= 0.6 is 23.4 Å². The summed E-state index contributed by atoms with van der Waals surface area (Å²) in [6.07, 6.45) is 2.38. The summed E-state index contributed by atoms with van der Waals surface area (Å²) in [5, 5.41) is 4.38. The van der Waals surface area contributed by atoms with E-state index in [2.05, 4.69) is 17.1 Å². The average Bonchev–Trinajstić information content (AvgIpc) is 3.04. The zero-order valence-electron chi connectivity index (χ0n) is 14.1. The first-order chi connectivity index (χ1) is 12.1. The second kappa shape index (κ2) is 7.06. The van der Waals surface area contributed by atoms with Crippen molar-refractivity contribution in [3.8, 4) is 0 Å². The molecule has 6 heteroatoms. The number of hydrogen-bond acceptors (Lipinski definition) is 4. The monoisotopic (exact) mass is 376 g/mol. The summed E-state index contributed by atoms with van der Waals surface area (Å²) >= 11 is 7.27. The largest absolute Gasteiger partial charge is 0.438 e. The van der Waals surface area contributed by atoms with E-state index >= 15 is 0 Å². The van der Waals surface area contributed by atoms with Crippen LogP contribution in [0.4, 0.5) is 0 Å². The van der Waals surface area contributed by atoms with Crippen molar-refractivity contribution in [3.63, 3.8) is 0 Å². The highest BCUT2D eigenvalue weighted by molar-refractivity contribution is 7.99. The lowest BCUT2D eigenvalue weighted by molar-refractivity contribution is 0.0217. The molecule has 2 atom stereocenters. The zero-order chi connectivity index (χ0) is 17.4. The molecular formula is C19H21ClN2O2S. The van der Waals surface area contributed by atoms with E-state index in [1.54, 1.807) is 6.07 Å². The Balaban J connectivity index is 1.40. The fourth-order valence-corrected chi connectivity index (χ4v) is 4.89. The number of fused-ring (bicyclic) bond motifs is 3. The van der Waals surface area contributed by atoms with E-state index in [-0.39, 0.29) is 11.9 Å². The first-order valence-electron chi connectivity index (χ1n) is 8.68. The van der Waals surface area contributed by atoms with Crippen LogP contribution in [0.1, 0.15) is 30.1 Å². The van der Waals surface area contributed by atoms with Gasteiger partial charge in [-0.05, 0) is 86.8 Å². The zero-order valence-corrected chi connectivity index (χ0v) is 15.6. The van der Waals surface area contributed by atoms with Gasteiger partial charge in [-0.15, -0.1) is 0 Å². The Kier molecular flexibility index (Phi) is 4.80. The molecule has 3 saturated heterocycles. The van der Waals surface area contributed by atoms with E-state index < -0.39 is 0 Å². The van der Waals surface area contributed by atoms with Crippen LogP contribution in [-0.4, -0.2) is 36.0 Å². The lowest BCUT2D eigenvalue weighted by Crippen LogP contribution is -2.62. The third kappa shape index (κ3) is 3.59. The Hall–Kier alpha value is -1.43. The highest BCUT2D eigenvalue weighted by Gasteiger charge is 2.40. The summed E-state index contributed by atoms with van der Waals surface area (Å²) in [5.41, 5.74) is 0.700. The van der Waals surface area contributed by atoms with Gasteiger partial charge in [0.1, 0.15) is 0 Å². The van der Waals surface area contributed by atoms with Gasteiger partial charge in [-0.3, -0.25) is 9.69 Å². The Morgan fingerprint density at radius 1 is 1.20 bits per heavy atom. The highest BCUT2D eigenvalue weighted by Crippen LogP contribution is 2.33. The molecule has 3 aliphatic heterocycles. The first-order valence-corrected chi connectivity index (χ1v) is 9.88. The molecular weight excluding hydrogens is 356 g/mol. The number of piperidine rings is 3. The Labute approximate surface area is 156 Å². The summed E-state index contributed by atoms with van der Waals surface area (Å²) in [4.78, 5) is 16.1. The van der Waals surface area contributed by atoms with Crippen molar-refractivity contribution in [2.75, 3.05) is 13.1 Å². The molecule has 1 N–H and O–H groups in total. The molecule has 132 valence electrons. The summed E-state index contributed by atoms with van der Waals surface area (Å²) in [6, 6.07) is 11.9. The van der Waals surface area contributed by atoms with E-state index in [9.17, 15) is 4.79 Å². The molecule has 3 fully saturated rings. The fourth-order valence-electron chi connectivity index (χ4n) is 3.92. The molecule has 0 spiro atoms. The Morgan fingerprint density at radius 2 is 1.92 bits per heavy atom. The van der Waals surface area contributed by atoms with Crippen LogP contribution in [0, 0.1) is 5.92 Å². The number of rotatable bonds is 4. The van der Waals surface area contributed by atoms with E-state index in [4.69, 9.17) is 16.0 Å². The number of benzene rings is 1. The molecule has 2 aromatic rings. The molecule has 1 aromatic heterocycles. The molecule has 3 aliphatic rings. The van der Waals surface area contributed by atoms with Crippen LogP contribution in [0.2, 0.25) is 5.22 Å². The van der Waals surface area contributed by atoms with Crippen molar-refractivity contribution in [2.45, 2.75) is 41.8 Å². The number of hydrogen-bond donors (Lipinski definition) is 1. The third-order valence-electron chi connectivity index (χ3n) is 5.36. The maximum absolute atomic E-state index is 12.6. The molecule has 0 aliphatic carbocycles. The number of carbonyl (C=O) groups is 1. The molecule has 1 amide bonds. The predicted octanol–water partition coefficient (Wildman–Crippen LogP) is 4.30. The Bertz CT molecular complexity index is 751. The van der Waals surface area contributed by atoms with Gasteiger partial charge >= 0.3 is 0 Å². The van der Waals surface area contributed by atoms with Gasteiger partial charge in [-0.25, -0.2) is 0 Å². The number of nitrogens with one attached hydrogen (secondary N) is 1. The Morgan fingerprint density at radius 3 is 2.52 bits per heavy atom. The van der Waals surface area contributed by atoms with Gasteiger partial charge in [0.2, 0.25) is 0 Å². The van der Waals surface area contributed by atoms with Gasteiger partial charge in [0.05, 0.1) is 0 Å². The van der Waals surface area contributed by atoms with Gasteiger partial charge in [0.15, 0.2) is 10.3 Å². The SMILES string of the molecule is C[C@H]1[C@H](NC(=O)c2ccc(Sc3ccc(Cl)o3)cc2)C2CCN1CC2. The second-order valence-electron chi connectivity index (χ2n) is 6.80. The molecule has 5 rings (SSSR count). The van der Waals surface area contributed by atoms with Crippen LogP contribution in [0.5, 0.6) is 0 Å². The minimum Gasteiger partial charge on any atom is -0.438 e. The third-order valence-corrected chi connectivity index (χ3v) is 6.49. The van der Waals surface area contributed by atoms with Gasteiger partial charge in [-0.1, -0.05) is 11.8 Å². The molecule has 1 aromatic carbocycles. The number of halogens is 1. The van der Waals surface area contributed by atoms with Crippen molar-refractivity contribution in [3.05, 3.63) is 47.2 Å². The quantitative estimate of drug-likeness (QED) is 0.864. The molecule has 0 unspecified atom stereocenters. The summed E-state index contributed by atoms with van der Waals surface area (Å²) < 4.78 is 5.35. The van der Waals surface area contributed by atoms with Gasteiger partial charge in [0, 0.05) is 22.5 Å². The number of carbonyl (C=O) groups excluding carboxylic acids is 1. The molecule has 0 radical (unpaired) electrons. The minimum absolute atomic E-state index is 0.0168. The second-order valence-corrected chi connectivity index (χ2v) is 8.25. The number of nitrogens with zero attached hydrogens (tertiary/aromatic N) is 1. The van der Waals surface area contributed by atoms with E-state index in [0.29, 0.717) is 22.7 Å². The highest BCUT2D eigenvalue weighted by atomic mass is 35.5. The van der Waals surface area contributed by atoms with Crippen molar-refractivity contribution >= 4 is 29.3 Å². The predicted molar refractivity (Wildman–Crippen MR) is 99.3 cm³/mol. The number of amides is 1. The lowest BCUT2D eigenvalue weighted by atomic mass is 9.79. The van der Waals surface area contributed by atoms with Crippen LogP contribution in [0.15, 0.2) is 50.8 Å². The summed E-state index contributed by atoms with van der Waals surface area (Å²) in [6.45, 7) is 4.56. The van der Waals surface area contributed by atoms with Crippen molar-refractivity contribution in [1.29, 1.82) is 0 Å². The van der Waals surface area contributed by atoms with E-state index in [0.717, 1.165) is 9.99 Å². The minimum atomic E-state index is 0.0168. The molecule has 0 saturated carbocycles. The van der Waals surface area contributed by atoms with Gasteiger partial charge in [-0.2, -0.15) is 0 Å². The van der Waals surface area contributed by atoms with Gasteiger partial charge in [0.25, 0.3) is 5.91 Å². The molecule has 4 heterocycles. The molecule has 4 nitrogen and oxygen atoms in total. The normalized spacial score (nSPS) is 28.1. The van der Waals surface area contributed by atoms with E-state index in [1.807, 2.05) is 30.3 Å². The number of furan rings is 1. The van der Waals surface area contributed by atoms with Crippen LogP contribution in [0.25, 0.3) is 0 Å². The molecule has 2 bridgehead atoms. The van der Waals surface area contributed by atoms with Crippen LogP contribution < -0.4 is 5.32 Å². The maximum Gasteiger partial charge on any atom is 0.251 e. The summed E-state index contributed by atoms with van der Waals surface area (Å²) in [5.74, 6) is 0.630. The van der Waals surface area contributed by atoms with E-state index in [1.165, 1.54) is 37.7 Å². The van der Waals surface area contributed by atoms with Crippen molar-refractivity contribution in [1.82, 2.24) is 10.2 Å². The summed E-state index contributed by atoms with van der Waals surface area (Å²) in [7, 11) is 0. The lowest BCUT2D eigenvalue weighted by Gasteiger charge is -2.49. The fraction of sp³-hybridized carbons (Fsp3) is 0.421. The van der Waals surface area contributed by atoms with Gasteiger partial charge < -0.3 is 9.73 Å². The van der Waals surface area contributed by atoms with Crippen molar-refractivity contribution in [2.24, 2.45) is 5.92 Å². The standard InChI is InChI=1S/C19H21ClN2O2S/c1-12-18(13-8-10-22(12)11-9-13)21-19(23)14-2-4-15(5-3-14)25-17-7-6-16(20)24-17/h2-7,12-13,18H,8-11H2,1H3,(H,21,23)/t12-,18-/m0/s1. The topological polar surface area (TPSA) is 45.5 Å². The smallest absolute Gasteiger partial charge is 0.251 e. The van der Waals surface area contributed by atoms with Crippen LogP contribution in [-0.2, 0) is 0 Å². The van der Waals surface area contributed by atoms with Crippen LogP contribution in [0.3, 0.4) is 0 Å². The molecule has 25 heavy (non-hydrogen) atoms. The average molecular weight is 377 g/mol.